The second-order valence-corrected chi connectivity index (χ2v) is 11.3. The Labute approximate surface area is 198 Å². The van der Waals surface area contributed by atoms with Crippen molar-refractivity contribution >= 4 is 37.3 Å². The Morgan fingerprint density at radius 2 is 0.794 bits per heavy atom. The van der Waals surface area contributed by atoms with E-state index in [1.165, 1.54) is 0 Å². The van der Waals surface area contributed by atoms with E-state index in [2.05, 4.69) is 0 Å². The molecule has 6 heteroatoms. The average Bonchev–Trinajstić information content (AvgIpc) is 2.88. The molecule has 6 rings (SSSR count). The van der Waals surface area contributed by atoms with Crippen molar-refractivity contribution in [2.45, 2.75) is 12.8 Å². The standard InChI is InChI=1S/C28H18O4P2/c29-27-23-11-3-1-9-19(23)21-13-5-7-17(25(21)33(27)31)15-16-18-8-6-14-22-20-10-2-4-12-24(20)28(30)34(32)26(18)22/h1-14H,15-16H2/q+2. The molecule has 2 atom stereocenters. The van der Waals surface area contributed by atoms with E-state index in [1.807, 2.05) is 60.7 Å². The van der Waals surface area contributed by atoms with Crippen molar-refractivity contribution in [1.29, 1.82) is 0 Å². The maximum absolute atomic E-state index is 13.2. The van der Waals surface area contributed by atoms with Crippen molar-refractivity contribution in [2.75, 3.05) is 0 Å². The van der Waals surface area contributed by atoms with Crippen LogP contribution in [0.15, 0.2) is 84.9 Å². The number of hydrogen-bond donors (Lipinski definition) is 0. The highest BCUT2D eigenvalue weighted by atomic mass is 31.1. The maximum Gasteiger partial charge on any atom is 0.459 e. The van der Waals surface area contributed by atoms with Crippen LogP contribution < -0.4 is 10.6 Å². The minimum Gasteiger partial charge on any atom is -0.234 e. The van der Waals surface area contributed by atoms with Gasteiger partial charge in [-0.2, -0.15) is 0 Å². The van der Waals surface area contributed by atoms with Crippen LogP contribution in [0, 0.1) is 0 Å². The molecule has 0 aromatic heterocycles. The SMILES string of the molecule is O=C1c2ccccc2-c2cccc(CCc3cccc4c3[P+](=O)C(=O)c3ccccc3-4)c2[P+]1=O. The average molecular weight is 480 g/mol. The third-order valence-electron chi connectivity index (χ3n) is 6.57. The van der Waals surface area contributed by atoms with Gasteiger partial charge in [0.25, 0.3) is 0 Å². The van der Waals surface area contributed by atoms with E-state index in [1.54, 1.807) is 24.3 Å². The van der Waals surface area contributed by atoms with E-state index in [4.69, 9.17) is 0 Å². The monoisotopic (exact) mass is 480 g/mol. The molecule has 2 aliphatic heterocycles. The lowest BCUT2D eigenvalue weighted by molar-refractivity contribution is 0.107. The molecule has 0 bridgehead atoms. The Morgan fingerprint density at radius 1 is 0.441 bits per heavy atom. The molecular weight excluding hydrogens is 462 g/mol. The van der Waals surface area contributed by atoms with E-state index in [0.29, 0.717) is 34.6 Å². The normalized spacial score (nSPS) is 15.9. The van der Waals surface area contributed by atoms with Gasteiger partial charge in [0.15, 0.2) is 0 Å². The summed E-state index contributed by atoms with van der Waals surface area (Å²) in [7, 11) is -4.43. The molecule has 2 aliphatic rings. The fraction of sp³-hybridized carbons (Fsp3) is 0.0714. The van der Waals surface area contributed by atoms with Crippen LogP contribution >= 0.6 is 15.6 Å². The molecule has 0 saturated heterocycles. The summed E-state index contributed by atoms with van der Waals surface area (Å²) in [4.78, 5) is 25.7. The van der Waals surface area contributed by atoms with Gasteiger partial charge in [0, 0.05) is 33.4 Å². The lowest BCUT2D eigenvalue weighted by atomic mass is 9.94. The molecule has 0 spiro atoms. The minimum absolute atomic E-state index is 0.340. The van der Waals surface area contributed by atoms with Crippen molar-refractivity contribution in [3.63, 3.8) is 0 Å². The molecule has 34 heavy (non-hydrogen) atoms. The van der Waals surface area contributed by atoms with Gasteiger partial charge in [-0.3, -0.25) is 0 Å². The second-order valence-electron chi connectivity index (χ2n) is 8.42. The smallest absolute Gasteiger partial charge is 0.234 e. The van der Waals surface area contributed by atoms with Crippen LogP contribution in [0.2, 0.25) is 0 Å². The zero-order valence-corrected chi connectivity index (χ0v) is 19.8. The lowest BCUT2D eigenvalue weighted by Crippen LogP contribution is -2.21. The van der Waals surface area contributed by atoms with Crippen LogP contribution in [0.3, 0.4) is 0 Å². The number of rotatable bonds is 3. The van der Waals surface area contributed by atoms with Crippen molar-refractivity contribution in [2.24, 2.45) is 0 Å². The molecular formula is C28H18O4P2+2. The zero-order valence-electron chi connectivity index (χ0n) is 18.0. The highest BCUT2D eigenvalue weighted by Crippen LogP contribution is 2.43. The van der Waals surface area contributed by atoms with E-state index in [0.717, 1.165) is 33.4 Å². The van der Waals surface area contributed by atoms with Gasteiger partial charge in [-0.15, -0.1) is 0 Å². The third kappa shape index (κ3) is 3.07. The van der Waals surface area contributed by atoms with E-state index < -0.39 is 15.6 Å². The van der Waals surface area contributed by atoms with Crippen molar-refractivity contribution < 1.29 is 18.7 Å². The van der Waals surface area contributed by atoms with Gasteiger partial charge in [-0.05, 0) is 37.1 Å². The lowest BCUT2D eigenvalue weighted by Gasteiger charge is -2.15. The molecule has 2 heterocycles. The van der Waals surface area contributed by atoms with Crippen LogP contribution in [0.1, 0.15) is 31.8 Å². The minimum atomic E-state index is -2.22. The molecule has 0 N–H and O–H groups in total. The summed E-state index contributed by atoms with van der Waals surface area (Å²) in [5.41, 5.74) is 5.29. The first-order valence-corrected chi connectivity index (χ1v) is 13.5. The van der Waals surface area contributed by atoms with Crippen LogP contribution in [-0.4, -0.2) is 11.0 Å². The fourth-order valence-electron chi connectivity index (χ4n) is 5.00. The largest absolute Gasteiger partial charge is 0.459 e. The molecule has 4 aromatic carbocycles. The zero-order chi connectivity index (χ0) is 23.4. The first-order chi connectivity index (χ1) is 16.6. The highest BCUT2D eigenvalue weighted by Gasteiger charge is 2.45. The molecule has 162 valence electrons. The van der Waals surface area contributed by atoms with E-state index in [-0.39, 0.29) is 11.0 Å². The van der Waals surface area contributed by atoms with Crippen molar-refractivity contribution in [3.05, 3.63) is 107 Å². The van der Waals surface area contributed by atoms with Crippen molar-refractivity contribution in [3.8, 4) is 22.3 Å². The molecule has 4 nitrogen and oxygen atoms in total. The van der Waals surface area contributed by atoms with Crippen LogP contribution in [0.4, 0.5) is 0 Å². The summed E-state index contributed by atoms with van der Waals surface area (Å²) in [6.45, 7) is 0. The van der Waals surface area contributed by atoms with Crippen molar-refractivity contribution in [1.82, 2.24) is 0 Å². The van der Waals surface area contributed by atoms with Gasteiger partial charge in [0.05, 0.1) is 11.1 Å². The third-order valence-corrected chi connectivity index (χ3v) is 9.66. The Balaban J connectivity index is 1.42. The Bertz CT molecular complexity index is 1470. The summed E-state index contributed by atoms with van der Waals surface area (Å²) in [5, 5.41) is 1.19. The van der Waals surface area contributed by atoms with E-state index >= 15 is 0 Å². The molecule has 0 aliphatic carbocycles. The van der Waals surface area contributed by atoms with Gasteiger partial charge in [-0.25, -0.2) is 9.59 Å². The summed E-state index contributed by atoms with van der Waals surface area (Å²) in [5.74, 6) is 0. The predicted octanol–water partition coefficient (Wildman–Crippen LogP) is 6.02. The predicted molar refractivity (Wildman–Crippen MR) is 134 cm³/mol. The first kappa shape index (κ1) is 21.0. The van der Waals surface area contributed by atoms with Gasteiger partial charge >= 0.3 is 26.7 Å². The highest BCUT2D eigenvalue weighted by molar-refractivity contribution is 7.72. The quantitative estimate of drug-likeness (QED) is 0.337. The van der Waals surface area contributed by atoms with Gasteiger partial charge < -0.3 is 0 Å². The molecule has 0 saturated carbocycles. The summed E-state index contributed by atoms with van der Waals surface area (Å²) >= 11 is 0. The molecule has 2 unspecified atom stereocenters. The topological polar surface area (TPSA) is 68.3 Å². The number of benzene rings is 4. The number of aryl methyl sites for hydroxylation is 2. The molecule has 4 aromatic rings. The molecule has 0 radical (unpaired) electrons. The Kier molecular flexibility index (Phi) is 4.95. The summed E-state index contributed by atoms with van der Waals surface area (Å²) in [6.07, 6.45) is 1.05. The van der Waals surface area contributed by atoms with Crippen LogP contribution in [0.25, 0.3) is 22.3 Å². The summed E-state index contributed by atoms with van der Waals surface area (Å²) < 4.78 is 26.4. The number of hydrogen-bond acceptors (Lipinski definition) is 4. The first-order valence-electron chi connectivity index (χ1n) is 11.0. The number of fused-ring (bicyclic) bond motifs is 6. The fourth-order valence-corrected chi connectivity index (χ4v) is 7.96. The second kappa shape index (κ2) is 8.02. The Hall–Kier alpha value is -3.58. The number of carbonyl (C=O) groups excluding carboxylic acids is 2. The van der Waals surface area contributed by atoms with E-state index in [9.17, 15) is 18.7 Å². The van der Waals surface area contributed by atoms with Gasteiger partial charge in [0.2, 0.25) is 10.6 Å². The molecule has 0 amide bonds. The number of carbonyl (C=O) groups is 2. The molecule has 0 fully saturated rings. The van der Waals surface area contributed by atoms with Gasteiger partial charge in [-0.1, -0.05) is 69.8 Å². The van der Waals surface area contributed by atoms with Gasteiger partial charge in [0.1, 0.15) is 0 Å². The van der Waals surface area contributed by atoms with Crippen LogP contribution in [-0.2, 0) is 22.0 Å². The summed E-state index contributed by atoms with van der Waals surface area (Å²) in [6, 6.07) is 26.0. The maximum atomic E-state index is 13.2. The van der Waals surface area contributed by atoms with Crippen LogP contribution in [0.5, 0.6) is 0 Å². The Morgan fingerprint density at radius 3 is 1.21 bits per heavy atom.